The van der Waals surface area contributed by atoms with Crippen LogP contribution in [0.25, 0.3) is 10.9 Å². The normalized spacial score (nSPS) is 17.5. The van der Waals surface area contributed by atoms with Crippen molar-refractivity contribution in [1.29, 1.82) is 0 Å². The number of fused-ring (bicyclic) bond motifs is 1. The number of anilines is 2. The lowest BCUT2D eigenvalue weighted by molar-refractivity contribution is 0.0996. The molecule has 1 aliphatic carbocycles. The lowest BCUT2D eigenvalue weighted by Gasteiger charge is -2.13. The molecule has 2 atom stereocenters. The minimum atomic E-state index is -0.408. The molecule has 0 aliphatic heterocycles. The summed E-state index contributed by atoms with van der Waals surface area (Å²) in [6.07, 6.45) is 7.11. The van der Waals surface area contributed by atoms with E-state index in [0.29, 0.717) is 24.8 Å². The molecule has 11 heteroatoms. The molecular weight excluding hydrogens is 448 g/mol. The number of aromatic amines is 1. The lowest BCUT2D eigenvalue weighted by atomic mass is 10.0. The Morgan fingerprint density at radius 3 is 3.03 bits per heavy atom. The van der Waals surface area contributed by atoms with E-state index in [4.69, 9.17) is 9.47 Å². The number of carbonyl (C=O) groups excluding carboxylic acids is 1. The van der Waals surface area contributed by atoms with Gasteiger partial charge in [0.2, 0.25) is 0 Å². The molecule has 0 aromatic carbocycles. The zero-order chi connectivity index (χ0) is 24.2. The van der Waals surface area contributed by atoms with Gasteiger partial charge in [-0.1, -0.05) is 6.07 Å². The highest BCUT2D eigenvalue weighted by Crippen LogP contribution is 2.36. The summed E-state index contributed by atoms with van der Waals surface area (Å²) in [6, 6.07) is 7.67. The van der Waals surface area contributed by atoms with Crippen LogP contribution in [0.4, 0.5) is 16.4 Å². The molecule has 0 spiro atoms. The van der Waals surface area contributed by atoms with Crippen LogP contribution >= 0.6 is 0 Å². The van der Waals surface area contributed by atoms with Gasteiger partial charge in [0.25, 0.3) is 0 Å². The predicted octanol–water partition coefficient (Wildman–Crippen LogP) is 3.54. The van der Waals surface area contributed by atoms with Gasteiger partial charge in [-0.3, -0.25) is 14.8 Å². The van der Waals surface area contributed by atoms with Crippen LogP contribution in [0.3, 0.4) is 0 Å². The number of pyridine rings is 2. The molecule has 11 nitrogen and oxygen atoms in total. The molecule has 1 aliphatic rings. The molecular formula is C24H28N8O3. The minimum Gasteiger partial charge on any atom is -0.446 e. The van der Waals surface area contributed by atoms with Crippen LogP contribution in [-0.4, -0.2) is 49.3 Å². The summed E-state index contributed by atoms with van der Waals surface area (Å²) < 4.78 is 12.7. The smallest absolute Gasteiger partial charge is 0.407 e. The SMILES string of the molecule is COCc1nn(C)c2c(Nc3cc(C4CCC(OC(=O)NCc5cccnc5)C4)[nH]n3)nccc12. The summed E-state index contributed by atoms with van der Waals surface area (Å²) >= 11 is 0. The number of hydrogen-bond acceptors (Lipinski definition) is 8. The van der Waals surface area contributed by atoms with Crippen molar-refractivity contribution in [2.75, 3.05) is 12.4 Å². The molecule has 1 amide bonds. The highest BCUT2D eigenvalue weighted by Gasteiger charge is 2.30. The van der Waals surface area contributed by atoms with Gasteiger partial charge in [-0.25, -0.2) is 9.78 Å². The number of carbonyl (C=O) groups is 1. The number of amides is 1. The molecule has 2 unspecified atom stereocenters. The van der Waals surface area contributed by atoms with Gasteiger partial charge < -0.3 is 20.1 Å². The first-order valence-electron chi connectivity index (χ1n) is 11.6. The first kappa shape index (κ1) is 22.8. The van der Waals surface area contributed by atoms with Crippen LogP contribution in [0.5, 0.6) is 0 Å². The highest BCUT2D eigenvalue weighted by atomic mass is 16.6. The Bertz CT molecular complexity index is 1300. The van der Waals surface area contributed by atoms with Crippen LogP contribution in [0.1, 0.15) is 42.1 Å². The summed E-state index contributed by atoms with van der Waals surface area (Å²) in [5.74, 6) is 1.59. The Balaban J connectivity index is 1.19. The van der Waals surface area contributed by atoms with Crippen molar-refractivity contribution in [1.82, 2.24) is 35.3 Å². The number of H-pyrrole nitrogens is 1. The van der Waals surface area contributed by atoms with Crippen molar-refractivity contribution in [3.05, 3.63) is 59.8 Å². The fraction of sp³-hybridized carbons (Fsp3) is 0.375. The van der Waals surface area contributed by atoms with E-state index in [-0.39, 0.29) is 12.0 Å². The quantitative estimate of drug-likeness (QED) is 0.352. The number of aryl methyl sites for hydroxylation is 1. The van der Waals surface area contributed by atoms with Gasteiger partial charge in [0.1, 0.15) is 11.6 Å². The third-order valence-corrected chi connectivity index (χ3v) is 6.21. The van der Waals surface area contributed by atoms with Gasteiger partial charge in [-0.05, 0) is 37.0 Å². The van der Waals surface area contributed by atoms with Crippen molar-refractivity contribution in [3.8, 4) is 0 Å². The van der Waals surface area contributed by atoms with Crippen molar-refractivity contribution < 1.29 is 14.3 Å². The Morgan fingerprint density at radius 2 is 2.20 bits per heavy atom. The maximum absolute atomic E-state index is 12.2. The maximum Gasteiger partial charge on any atom is 0.407 e. The number of nitrogens with zero attached hydrogens (tertiary/aromatic N) is 5. The van der Waals surface area contributed by atoms with Crippen LogP contribution in [0.15, 0.2) is 42.9 Å². The standard InChI is InChI=1S/C24H28N8O3/c1-32-22-18(20(31-32)14-34-2)7-9-26-23(22)28-21-11-19(29-30-21)16-5-6-17(10-16)35-24(33)27-13-15-4-3-8-25-12-15/h3-4,7-9,11-12,16-17H,5-6,10,13-14H2,1-2H3,(H,27,33)(H2,26,28,29,30). The number of ether oxygens (including phenoxy) is 2. The molecule has 0 radical (unpaired) electrons. The van der Waals surface area contributed by atoms with Crippen molar-refractivity contribution >= 4 is 28.6 Å². The Kier molecular flexibility index (Phi) is 6.57. The second-order valence-corrected chi connectivity index (χ2v) is 8.64. The van der Waals surface area contributed by atoms with Crippen LogP contribution in [0, 0.1) is 0 Å². The first-order chi connectivity index (χ1) is 17.1. The van der Waals surface area contributed by atoms with Crippen LogP contribution in [0.2, 0.25) is 0 Å². The molecule has 1 saturated carbocycles. The van der Waals surface area contributed by atoms with E-state index in [9.17, 15) is 4.79 Å². The van der Waals surface area contributed by atoms with E-state index < -0.39 is 6.09 Å². The highest BCUT2D eigenvalue weighted by molar-refractivity contribution is 5.91. The molecule has 3 N–H and O–H groups in total. The zero-order valence-electron chi connectivity index (χ0n) is 19.7. The molecule has 182 valence electrons. The van der Waals surface area contributed by atoms with E-state index >= 15 is 0 Å². The largest absolute Gasteiger partial charge is 0.446 e. The van der Waals surface area contributed by atoms with E-state index in [0.717, 1.165) is 47.1 Å². The molecule has 0 saturated heterocycles. The summed E-state index contributed by atoms with van der Waals surface area (Å²) in [5, 5.41) is 19.2. The number of hydrogen-bond donors (Lipinski definition) is 3. The molecule has 0 bridgehead atoms. The van der Waals surface area contributed by atoms with E-state index in [1.165, 1.54) is 0 Å². The molecule has 4 aromatic heterocycles. The van der Waals surface area contributed by atoms with Crippen molar-refractivity contribution in [2.24, 2.45) is 7.05 Å². The summed E-state index contributed by atoms with van der Waals surface area (Å²) in [7, 11) is 3.54. The number of nitrogens with one attached hydrogen (secondary N) is 3. The zero-order valence-corrected chi connectivity index (χ0v) is 19.7. The average Bonchev–Trinajstić information content (AvgIpc) is 3.59. The average molecular weight is 477 g/mol. The van der Waals surface area contributed by atoms with E-state index in [1.54, 1.807) is 30.4 Å². The fourth-order valence-corrected chi connectivity index (χ4v) is 4.56. The van der Waals surface area contributed by atoms with Gasteiger partial charge >= 0.3 is 6.09 Å². The molecule has 35 heavy (non-hydrogen) atoms. The van der Waals surface area contributed by atoms with Crippen molar-refractivity contribution in [3.63, 3.8) is 0 Å². The fourth-order valence-electron chi connectivity index (χ4n) is 4.56. The summed E-state index contributed by atoms with van der Waals surface area (Å²) in [5.41, 5.74) is 3.68. The number of aromatic nitrogens is 6. The Morgan fingerprint density at radius 1 is 1.29 bits per heavy atom. The third kappa shape index (κ3) is 5.09. The van der Waals surface area contributed by atoms with E-state index in [2.05, 4.69) is 35.9 Å². The number of methoxy groups -OCH3 is 1. The number of rotatable bonds is 8. The molecule has 5 rings (SSSR count). The van der Waals surface area contributed by atoms with Gasteiger partial charge in [-0.15, -0.1) is 0 Å². The molecule has 4 aromatic rings. The second kappa shape index (κ2) is 10.1. The minimum absolute atomic E-state index is 0.127. The van der Waals surface area contributed by atoms with Crippen molar-refractivity contribution in [2.45, 2.75) is 44.4 Å². The summed E-state index contributed by atoms with van der Waals surface area (Å²) in [6.45, 7) is 0.822. The maximum atomic E-state index is 12.2. The van der Waals surface area contributed by atoms with Crippen LogP contribution in [-0.2, 0) is 29.7 Å². The topological polar surface area (TPSA) is 132 Å². The molecule has 4 heterocycles. The lowest BCUT2D eigenvalue weighted by Crippen LogP contribution is -2.27. The third-order valence-electron chi connectivity index (χ3n) is 6.21. The first-order valence-corrected chi connectivity index (χ1v) is 11.6. The van der Waals surface area contributed by atoms with Gasteiger partial charge in [0.05, 0.1) is 12.3 Å². The van der Waals surface area contributed by atoms with Gasteiger partial charge in [0.15, 0.2) is 11.6 Å². The monoisotopic (exact) mass is 476 g/mol. The number of alkyl carbamates (subject to hydrolysis) is 1. The second-order valence-electron chi connectivity index (χ2n) is 8.64. The Hall–Kier alpha value is -3.99. The molecule has 1 fully saturated rings. The van der Waals surface area contributed by atoms with Gasteiger partial charge in [0, 0.05) is 62.4 Å². The Labute approximate surface area is 202 Å². The predicted molar refractivity (Wildman–Crippen MR) is 129 cm³/mol. The summed E-state index contributed by atoms with van der Waals surface area (Å²) in [4.78, 5) is 20.7. The van der Waals surface area contributed by atoms with E-state index in [1.807, 2.05) is 31.3 Å². The van der Waals surface area contributed by atoms with Gasteiger partial charge in [-0.2, -0.15) is 10.2 Å². The van der Waals surface area contributed by atoms with Crippen LogP contribution < -0.4 is 10.6 Å².